The van der Waals surface area contributed by atoms with E-state index in [1.165, 1.54) is 6.92 Å². The smallest absolute Gasteiger partial charge is 0.322 e. The molecule has 0 aliphatic carbocycles. The summed E-state index contributed by atoms with van der Waals surface area (Å²) in [6.07, 6.45) is -0.312. The van der Waals surface area contributed by atoms with Crippen LogP contribution in [0.3, 0.4) is 0 Å². The van der Waals surface area contributed by atoms with Crippen LogP contribution in [0.15, 0.2) is 0 Å². The van der Waals surface area contributed by atoms with E-state index in [9.17, 15) is 18.6 Å². The average Bonchev–Trinajstić information content (AvgIpc) is 2.10. The number of rotatable bonds is 7. The minimum absolute atomic E-state index is 0.312. The van der Waals surface area contributed by atoms with Crippen LogP contribution in [-0.4, -0.2) is 35.2 Å². The lowest BCUT2D eigenvalue weighted by Crippen LogP contribution is -2.33. The fraction of sp³-hybridized carbons (Fsp3) is 1.00. The van der Waals surface area contributed by atoms with Gasteiger partial charge >= 0.3 is 23.0 Å². The molecular weight excluding hydrogens is 337 g/mol. The molecule has 20 heavy (non-hydrogen) atoms. The van der Waals surface area contributed by atoms with Crippen molar-refractivity contribution in [2.24, 2.45) is 0 Å². The van der Waals surface area contributed by atoms with Gasteiger partial charge in [0.25, 0.3) is 0 Å². The molecule has 5 N–H and O–H groups in total. The van der Waals surface area contributed by atoms with Crippen molar-refractivity contribution in [2.45, 2.75) is 44.8 Å². The zero-order valence-electron chi connectivity index (χ0n) is 11.3. The van der Waals surface area contributed by atoms with Crippen LogP contribution in [0.1, 0.15) is 34.1 Å². The Bertz CT molecular complexity index is 489. The van der Waals surface area contributed by atoms with E-state index in [0.29, 0.717) is 0 Å². The first-order chi connectivity index (χ1) is 8.47. The molecule has 0 aromatic heterocycles. The summed E-state index contributed by atoms with van der Waals surface area (Å²) in [5.74, 6) is 0. The minimum Gasteiger partial charge on any atom is -0.322 e. The molecule has 2 unspecified atom stereocenters. The molecule has 122 valence electrons. The molecule has 0 aromatic rings. The second kappa shape index (κ2) is 5.89. The van der Waals surface area contributed by atoms with Crippen LogP contribution in [0.2, 0.25) is 0 Å². The maximum atomic E-state index is 12.1. The molecule has 0 aromatic carbocycles. The molecular formula is C7H19O10P3. The molecule has 0 saturated heterocycles. The Morgan fingerprint density at radius 3 is 1.55 bits per heavy atom. The van der Waals surface area contributed by atoms with Gasteiger partial charge < -0.3 is 24.5 Å². The lowest BCUT2D eigenvalue weighted by atomic mass is 10.3. The van der Waals surface area contributed by atoms with Crippen molar-refractivity contribution < 1.29 is 47.2 Å². The van der Waals surface area contributed by atoms with E-state index in [1.807, 2.05) is 0 Å². The topological polar surface area (TPSA) is 171 Å². The van der Waals surface area contributed by atoms with Gasteiger partial charge in [-0.05, 0) is 27.2 Å². The van der Waals surface area contributed by atoms with E-state index in [4.69, 9.17) is 19.6 Å². The maximum Gasteiger partial charge on any atom is 0.470 e. The third kappa shape index (κ3) is 5.00. The predicted octanol–water partition coefficient (Wildman–Crippen LogP) is 1.34. The van der Waals surface area contributed by atoms with E-state index in [0.717, 1.165) is 20.8 Å². The van der Waals surface area contributed by atoms with Crippen LogP contribution in [-0.2, 0) is 22.7 Å². The second-order valence-corrected chi connectivity index (χ2v) is 10.2. The Hall–Kier alpha value is 0.410. The van der Waals surface area contributed by atoms with Crippen molar-refractivity contribution in [1.29, 1.82) is 0 Å². The van der Waals surface area contributed by atoms with Crippen molar-refractivity contribution in [3.8, 4) is 0 Å². The molecule has 0 saturated carbocycles. The second-order valence-electron chi connectivity index (χ2n) is 4.71. The van der Waals surface area contributed by atoms with Crippen LogP contribution in [0.25, 0.3) is 0 Å². The lowest BCUT2D eigenvalue weighted by Gasteiger charge is -2.36. The molecule has 10 nitrogen and oxygen atoms in total. The molecule has 0 radical (unpaired) electrons. The third-order valence-corrected chi connectivity index (χ3v) is 7.34. The summed E-state index contributed by atoms with van der Waals surface area (Å²) in [6, 6.07) is 0. The Morgan fingerprint density at radius 2 is 1.30 bits per heavy atom. The van der Waals surface area contributed by atoms with E-state index in [-0.39, 0.29) is 6.42 Å². The first-order valence-corrected chi connectivity index (χ1v) is 10.0. The largest absolute Gasteiger partial charge is 0.470 e. The number of hydrogen-bond acceptors (Lipinski definition) is 5. The van der Waals surface area contributed by atoms with Crippen LogP contribution in [0.4, 0.5) is 0 Å². The normalized spacial score (nSPS) is 20.2. The Morgan fingerprint density at radius 1 is 0.900 bits per heavy atom. The first kappa shape index (κ1) is 20.4. The molecule has 0 fully saturated rings. The van der Waals surface area contributed by atoms with Crippen molar-refractivity contribution in [3.63, 3.8) is 0 Å². The predicted molar refractivity (Wildman–Crippen MR) is 68.9 cm³/mol. The highest BCUT2D eigenvalue weighted by Gasteiger charge is 2.54. The maximum absolute atomic E-state index is 12.1. The Balaban J connectivity index is 5.51. The van der Waals surface area contributed by atoms with Gasteiger partial charge in [0.2, 0.25) is 0 Å². The summed E-state index contributed by atoms with van der Waals surface area (Å²) in [4.78, 5) is 45.4. The van der Waals surface area contributed by atoms with Gasteiger partial charge in [0.1, 0.15) is 0 Å². The first-order valence-electron chi connectivity index (χ1n) is 5.33. The summed E-state index contributed by atoms with van der Waals surface area (Å²) >= 11 is 0. The highest BCUT2D eigenvalue weighted by atomic mass is 31.2. The van der Waals surface area contributed by atoms with Crippen LogP contribution in [0, 0.1) is 0 Å². The summed E-state index contributed by atoms with van der Waals surface area (Å²) in [6.45, 7) is 3.96. The third-order valence-electron chi connectivity index (χ3n) is 2.62. The number of phosphoric acid groups is 1. The zero-order valence-corrected chi connectivity index (χ0v) is 14.0. The SMILES string of the molecule is CCC(C)(OP(=O)(O)C(C)(C)OP(=O)(O)O)P(=O)(O)O. The van der Waals surface area contributed by atoms with Crippen LogP contribution >= 0.6 is 23.0 Å². The van der Waals surface area contributed by atoms with E-state index in [2.05, 4.69) is 9.05 Å². The monoisotopic (exact) mass is 356 g/mol. The van der Waals surface area contributed by atoms with E-state index < -0.39 is 33.7 Å². The minimum atomic E-state index is -5.10. The van der Waals surface area contributed by atoms with Crippen LogP contribution < -0.4 is 0 Å². The van der Waals surface area contributed by atoms with Crippen molar-refractivity contribution in [1.82, 2.24) is 0 Å². The quantitative estimate of drug-likeness (QED) is 0.419. The van der Waals surface area contributed by atoms with Crippen molar-refractivity contribution in [2.75, 3.05) is 0 Å². The molecule has 0 heterocycles. The zero-order chi connectivity index (χ0) is 16.6. The fourth-order valence-corrected chi connectivity index (χ4v) is 4.41. The van der Waals surface area contributed by atoms with Gasteiger partial charge in [-0.1, -0.05) is 6.92 Å². The highest BCUT2D eigenvalue weighted by molar-refractivity contribution is 7.58. The molecule has 0 amide bonds. The van der Waals surface area contributed by atoms with Crippen molar-refractivity contribution in [3.05, 3.63) is 0 Å². The molecule has 2 atom stereocenters. The van der Waals surface area contributed by atoms with Gasteiger partial charge in [-0.15, -0.1) is 0 Å². The highest BCUT2D eigenvalue weighted by Crippen LogP contribution is 2.67. The Kier molecular flexibility index (Phi) is 6.01. The van der Waals surface area contributed by atoms with Crippen LogP contribution in [0.5, 0.6) is 0 Å². The molecule has 0 rings (SSSR count). The van der Waals surface area contributed by atoms with E-state index in [1.54, 1.807) is 0 Å². The summed E-state index contributed by atoms with van der Waals surface area (Å²) in [7, 11) is -14.9. The van der Waals surface area contributed by atoms with Gasteiger partial charge in [0.05, 0.1) is 0 Å². The average molecular weight is 356 g/mol. The molecule has 0 bridgehead atoms. The van der Waals surface area contributed by atoms with E-state index >= 15 is 0 Å². The Labute approximate surface area is 116 Å². The molecule has 0 spiro atoms. The summed E-state index contributed by atoms with van der Waals surface area (Å²) < 4.78 is 42.9. The van der Waals surface area contributed by atoms with Crippen molar-refractivity contribution >= 4 is 23.0 Å². The standard InChI is InChI=1S/C7H19O10P3/c1-5-7(4,18(8,9)10)17-19(11,12)6(2,3)16-20(13,14)15/h5H2,1-4H3,(H,11,12)(H2,8,9,10)(H2,13,14,15). The molecule has 13 heteroatoms. The van der Waals surface area contributed by atoms with Gasteiger partial charge in [-0.2, -0.15) is 0 Å². The number of hydrogen-bond donors (Lipinski definition) is 5. The van der Waals surface area contributed by atoms with Gasteiger partial charge in [-0.25, -0.2) is 4.57 Å². The number of phosphoric ester groups is 1. The lowest BCUT2D eigenvalue weighted by molar-refractivity contribution is 0.0567. The molecule has 0 aliphatic heterocycles. The summed E-state index contributed by atoms with van der Waals surface area (Å²) in [5.41, 5.74) is 0. The van der Waals surface area contributed by atoms with Gasteiger partial charge in [0.15, 0.2) is 10.7 Å². The van der Waals surface area contributed by atoms with Gasteiger partial charge in [-0.3, -0.25) is 18.2 Å². The summed E-state index contributed by atoms with van der Waals surface area (Å²) in [5, 5.41) is -4.65. The molecule has 0 aliphatic rings. The fourth-order valence-electron chi connectivity index (χ4n) is 1.04. The van der Waals surface area contributed by atoms with Gasteiger partial charge in [0, 0.05) is 0 Å².